The second-order valence-electron chi connectivity index (χ2n) is 9.55. The minimum atomic E-state index is -1.21. The van der Waals surface area contributed by atoms with E-state index >= 15 is 0 Å². The van der Waals surface area contributed by atoms with E-state index in [9.17, 15) is 29.4 Å². The lowest BCUT2D eigenvalue weighted by atomic mass is 10.0. The van der Waals surface area contributed by atoms with Crippen molar-refractivity contribution in [3.8, 4) is 5.75 Å². The molecule has 0 saturated carbocycles. The first-order valence-electron chi connectivity index (χ1n) is 12.9. The number of phenols is 1. The van der Waals surface area contributed by atoms with Crippen molar-refractivity contribution >= 4 is 23.7 Å². The molecule has 0 aromatic heterocycles. The summed E-state index contributed by atoms with van der Waals surface area (Å²) >= 11 is 0. The van der Waals surface area contributed by atoms with Crippen LogP contribution in [-0.2, 0) is 38.4 Å². The first kappa shape index (κ1) is 29.9. The van der Waals surface area contributed by atoms with Crippen LogP contribution in [0.5, 0.6) is 5.75 Å². The number of aliphatic carboxylic acids is 1. The van der Waals surface area contributed by atoms with Crippen molar-refractivity contribution in [1.29, 1.82) is 0 Å². The van der Waals surface area contributed by atoms with E-state index in [1.165, 1.54) is 19.1 Å². The van der Waals surface area contributed by atoms with Gasteiger partial charge < -0.3 is 31.9 Å². The zero-order chi connectivity index (χ0) is 29.1. The van der Waals surface area contributed by atoms with Crippen molar-refractivity contribution in [3.05, 3.63) is 102 Å². The minimum Gasteiger partial charge on any atom is -0.508 e. The number of hydrogen-bond acceptors (Lipinski definition) is 6. The molecular weight excluding hydrogens is 512 g/mol. The van der Waals surface area contributed by atoms with E-state index in [1.807, 2.05) is 12.1 Å². The zero-order valence-corrected chi connectivity index (χ0v) is 22.1. The quantitative estimate of drug-likeness (QED) is 0.188. The van der Waals surface area contributed by atoms with Crippen LogP contribution < -0.4 is 21.7 Å². The summed E-state index contributed by atoms with van der Waals surface area (Å²) in [5.41, 5.74) is 8.23. The van der Waals surface area contributed by atoms with Crippen LogP contribution in [0.3, 0.4) is 0 Å². The average molecular weight is 547 g/mol. The van der Waals surface area contributed by atoms with Crippen LogP contribution in [0.1, 0.15) is 23.6 Å². The molecule has 0 fully saturated rings. The van der Waals surface area contributed by atoms with E-state index in [0.717, 1.165) is 16.7 Å². The van der Waals surface area contributed by atoms with Gasteiger partial charge in [0.2, 0.25) is 17.7 Å². The van der Waals surface area contributed by atoms with E-state index in [1.54, 1.807) is 60.7 Å². The molecule has 0 radical (unpaired) electrons. The van der Waals surface area contributed by atoms with Gasteiger partial charge in [0.15, 0.2) is 0 Å². The van der Waals surface area contributed by atoms with Gasteiger partial charge in [0.25, 0.3) is 0 Å². The fraction of sp³-hybridized carbons (Fsp3) is 0.267. The summed E-state index contributed by atoms with van der Waals surface area (Å²) in [5.74, 6) is -2.96. The normalized spacial score (nSPS) is 13.8. The Morgan fingerprint density at radius 3 is 1.65 bits per heavy atom. The first-order valence-corrected chi connectivity index (χ1v) is 12.9. The van der Waals surface area contributed by atoms with Gasteiger partial charge in [-0.1, -0.05) is 72.8 Å². The van der Waals surface area contributed by atoms with Crippen LogP contribution in [-0.4, -0.2) is 58.1 Å². The van der Waals surface area contributed by atoms with Crippen LogP contribution in [0.2, 0.25) is 0 Å². The third-order valence-corrected chi connectivity index (χ3v) is 6.29. The minimum absolute atomic E-state index is 0.0687. The molecule has 0 aliphatic carbocycles. The van der Waals surface area contributed by atoms with E-state index in [4.69, 9.17) is 5.73 Å². The van der Waals surface area contributed by atoms with Gasteiger partial charge in [-0.15, -0.1) is 0 Å². The Labute approximate surface area is 232 Å². The lowest BCUT2D eigenvalue weighted by Gasteiger charge is -2.24. The van der Waals surface area contributed by atoms with Crippen LogP contribution in [0, 0.1) is 0 Å². The van der Waals surface area contributed by atoms with Gasteiger partial charge in [-0.3, -0.25) is 14.4 Å². The molecule has 0 aliphatic heterocycles. The lowest BCUT2D eigenvalue weighted by molar-refractivity contribution is -0.142. The number of nitrogens with two attached hydrogens (primary N) is 1. The highest BCUT2D eigenvalue weighted by Crippen LogP contribution is 2.11. The predicted molar refractivity (Wildman–Crippen MR) is 149 cm³/mol. The summed E-state index contributed by atoms with van der Waals surface area (Å²) in [6.45, 7) is 1.47. The van der Waals surface area contributed by atoms with E-state index in [-0.39, 0.29) is 25.0 Å². The third-order valence-electron chi connectivity index (χ3n) is 6.29. The van der Waals surface area contributed by atoms with Crippen molar-refractivity contribution in [3.63, 3.8) is 0 Å². The Morgan fingerprint density at radius 1 is 0.650 bits per heavy atom. The molecule has 3 rings (SSSR count). The topological polar surface area (TPSA) is 171 Å². The molecule has 3 aromatic carbocycles. The maximum Gasteiger partial charge on any atom is 0.326 e. The lowest BCUT2D eigenvalue weighted by Crippen LogP contribution is -2.57. The smallest absolute Gasteiger partial charge is 0.326 e. The van der Waals surface area contributed by atoms with Crippen molar-refractivity contribution in [2.75, 3.05) is 0 Å². The van der Waals surface area contributed by atoms with Gasteiger partial charge in [-0.05, 0) is 42.2 Å². The average Bonchev–Trinajstić information content (AvgIpc) is 2.94. The number of rotatable bonds is 13. The monoisotopic (exact) mass is 546 g/mol. The number of hydrogen-bond donors (Lipinski definition) is 6. The molecular formula is C30H34N4O6. The summed E-state index contributed by atoms with van der Waals surface area (Å²) in [6, 6.07) is 19.9. The number of carboxylic acids is 1. The van der Waals surface area contributed by atoms with Crippen LogP contribution in [0.4, 0.5) is 0 Å². The molecule has 7 N–H and O–H groups in total. The Balaban J connectivity index is 1.66. The molecule has 4 atom stereocenters. The van der Waals surface area contributed by atoms with Crippen LogP contribution in [0.15, 0.2) is 84.9 Å². The number of amides is 3. The zero-order valence-electron chi connectivity index (χ0n) is 22.1. The maximum absolute atomic E-state index is 13.3. The molecule has 10 nitrogen and oxygen atoms in total. The highest BCUT2D eigenvalue weighted by atomic mass is 16.4. The second kappa shape index (κ2) is 14.5. The van der Waals surface area contributed by atoms with Crippen molar-refractivity contribution in [2.45, 2.75) is 50.4 Å². The van der Waals surface area contributed by atoms with Gasteiger partial charge in [0.05, 0.1) is 6.04 Å². The number of aromatic hydroxyl groups is 1. The fourth-order valence-electron chi connectivity index (χ4n) is 4.04. The number of carbonyl (C=O) groups is 4. The first-order chi connectivity index (χ1) is 19.1. The van der Waals surface area contributed by atoms with Gasteiger partial charge in [0.1, 0.15) is 23.9 Å². The predicted octanol–water partition coefficient (Wildman–Crippen LogP) is 1.31. The molecule has 0 saturated heterocycles. The summed E-state index contributed by atoms with van der Waals surface area (Å²) in [7, 11) is 0. The highest BCUT2D eigenvalue weighted by molar-refractivity contribution is 5.94. The third kappa shape index (κ3) is 9.25. The van der Waals surface area contributed by atoms with Crippen LogP contribution in [0.25, 0.3) is 0 Å². The highest BCUT2D eigenvalue weighted by Gasteiger charge is 2.29. The molecule has 10 heteroatoms. The Morgan fingerprint density at radius 2 is 1.12 bits per heavy atom. The number of phenolic OH excluding ortho intramolecular Hbond substituents is 1. The summed E-state index contributed by atoms with van der Waals surface area (Å²) in [5, 5.41) is 26.9. The van der Waals surface area contributed by atoms with E-state index in [0.29, 0.717) is 0 Å². The summed E-state index contributed by atoms with van der Waals surface area (Å²) in [6.07, 6.45) is 0.369. The Kier molecular flexibility index (Phi) is 10.8. The van der Waals surface area contributed by atoms with E-state index < -0.39 is 47.9 Å². The maximum atomic E-state index is 13.3. The molecule has 0 spiro atoms. The van der Waals surface area contributed by atoms with Gasteiger partial charge >= 0.3 is 5.97 Å². The Bertz CT molecular complexity index is 1280. The van der Waals surface area contributed by atoms with Gasteiger partial charge in [-0.2, -0.15) is 0 Å². The number of benzene rings is 3. The molecule has 0 bridgehead atoms. The number of carboxylic acid groups (broad SMARTS) is 1. The second-order valence-corrected chi connectivity index (χ2v) is 9.55. The SMILES string of the molecule is C[C@@H](NC(=O)[C@@H](N)Cc1ccc(O)cc1)C(=O)N[C@@H](Cc1ccccc1)C(=O)N[C@@H](Cc1ccccc1)C(=O)O. The standard InChI is InChI=1S/C30H34N4O6/c1-19(32-28(37)24(31)16-22-12-14-23(35)15-13-22)27(36)33-25(17-20-8-4-2-5-9-20)29(38)34-26(30(39)40)18-21-10-6-3-7-11-21/h2-15,19,24-26,35H,16-18,31H2,1H3,(H,32,37)(H,33,36)(H,34,38)(H,39,40)/t19-,24+,25+,26+/m1/s1. The van der Waals surface area contributed by atoms with Gasteiger partial charge in [0, 0.05) is 12.8 Å². The summed E-state index contributed by atoms with van der Waals surface area (Å²) < 4.78 is 0. The van der Waals surface area contributed by atoms with E-state index in [2.05, 4.69) is 16.0 Å². The molecule has 40 heavy (non-hydrogen) atoms. The Hall–Kier alpha value is -4.70. The van der Waals surface area contributed by atoms with Crippen molar-refractivity contribution in [1.82, 2.24) is 16.0 Å². The molecule has 0 heterocycles. The molecule has 210 valence electrons. The molecule has 3 amide bonds. The van der Waals surface area contributed by atoms with Crippen molar-refractivity contribution < 1.29 is 29.4 Å². The molecule has 0 aliphatic rings. The largest absolute Gasteiger partial charge is 0.508 e. The van der Waals surface area contributed by atoms with Crippen molar-refractivity contribution in [2.24, 2.45) is 5.73 Å². The molecule has 3 aromatic rings. The van der Waals surface area contributed by atoms with Gasteiger partial charge in [-0.25, -0.2) is 4.79 Å². The van der Waals surface area contributed by atoms with Crippen LogP contribution >= 0.6 is 0 Å². The fourth-order valence-corrected chi connectivity index (χ4v) is 4.04. The summed E-state index contributed by atoms with van der Waals surface area (Å²) in [4.78, 5) is 50.8. The number of carbonyl (C=O) groups excluding carboxylic acids is 3. The molecule has 0 unspecified atom stereocenters. The number of nitrogens with one attached hydrogen (secondary N) is 3.